The van der Waals surface area contributed by atoms with Crippen LogP contribution in [-0.4, -0.2) is 45.8 Å². The number of hydrogen-bond donors (Lipinski definition) is 1. The lowest BCUT2D eigenvalue weighted by Gasteiger charge is -2.20. The van der Waals surface area contributed by atoms with Crippen LogP contribution in [0.15, 0.2) is 17.5 Å². The number of aromatic nitrogens is 1. The third kappa shape index (κ3) is 3.60. The van der Waals surface area contributed by atoms with Crippen LogP contribution in [0, 0.1) is 0 Å². The fourth-order valence-electron chi connectivity index (χ4n) is 2.20. The molecule has 0 fully saturated rings. The molecule has 2 N–H and O–H groups in total. The number of anilines is 1. The standard InChI is InChI=1S/C16H21N3O4S/c1-19(16(20)11-9-24-14(18-11)5-6-17)10-7-12(21-2)15(23-4)13(8-10)22-3/h7-9H,5-6,17H2,1-4H3. The Morgan fingerprint density at radius 3 is 2.33 bits per heavy atom. The number of nitrogens with two attached hydrogens (primary N) is 1. The van der Waals surface area contributed by atoms with Crippen LogP contribution in [0.3, 0.4) is 0 Å². The minimum absolute atomic E-state index is 0.219. The zero-order chi connectivity index (χ0) is 17.7. The molecule has 8 heteroatoms. The van der Waals surface area contributed by atoms with Gasteiger partial charge in [0.25, 0.3) is 5.91 Å². The van der Waals surface area contributed by atoms with Crippen molar-refractivity contribution in [3.63, 3.8) is 0 Å². The molecule has 2 aromatic rings. The highest BCUT2D eigenvalue weighted by Crippen LogP contribution is 2.41. The van der Waals surface area contributed by atoms with E-state index >= 15 is 0 Å². The Morgan fingerprint density at radius 1 is 1.21 bits per heavy atom. The summed E-state index contributed by atoms with van der Waals surface area (Å²) in [5.74, 6) is 1.22. The summed E-state index contributed by atoms with van der Waals surface area (Å²) in [6.07, 6.45) is 0.659. The third-order valence-electron chi connectivity index (χ3n) is 3.47. The van der Waals surface area contributed by atoms with Crippen molar-refractivity contribution in [1.82, 2.24) is 4.98 Å². The van der Waals surface area contributed by atoms with E-state index in [0.29, 0.717) is 41.6 Å². The summed E-state index contributed by atoms with van der Waals surface area (Å²) in [4.78, 5) is 18.5. The number of nitrogens with zero attached hydrogens (tertiary/aromatic N) is 2. The molecule has 0 aliphatic heterocycles. The largest absolute Gasteiger partial charge is 0.493 e. The molecule has 0 aliphatic carbocycles. The van der Waals surface area contributed by atoms with E-state index in [9.17, 15) is 4.79 Å². The highest BCUT2D eigenvalue weighted by atomic mass is 32.1. The Balaban J connectivity index is 2.33. The normalized spacial score (nSPS) is 10.4. The molecule has 2 rings (SSSR count). The molecule has 1 aromatic carbocycles. The van der Waals surface area contributed by atoms with Crippen molar-refractivity contribution in [2.45, 2.75) is 6.42 Å². The summed E-state index contributed by atoms with van der Waals surface area (Å²) in [7, 11) is 6.26. The summed E-state index contributed by atoms with van der Waals surface area (Å²) < 4.78 is 15.9. The van der Waals surface area contributed by atoms with Crippen molar-refractivity contribution >= 4 is 22.9 Å². The maximum atomic E-state index is 12.6. The minimum atomic E-state index is -0.219. The van der Waals surface area contributed by atoms with Gasteiger partial charge in [0.05, 0.1) is 32.0 Å². The highest BCUT2D eigenvalue weighted by molar-refractivity contribution is 7.09. The SMILES string of the molecule is COc1cc(N(C)C(=O)c2csc(CCN)n2)cc(OC)c1OC. The number of rotatable bonds is 7. The van der Waals surface area contributed by atoms with E-state index in [1.807, 2.05) is 0 Å². The van der Waals surface area contributed by atoms with Crippen LogP contribution in [-0.2, 0) is 6.42 Å². The van der Waals surface area contributed by atoms with Crippen LogP contribution in [0.4, 0.5) is 5.69 Å². The molecule has 0 unspecified atom stereocenters. The summed E-state index contributed by atoms with van der Waals surface area (Å²) in [6, 6.07) is 3.43. The zero-order valence-electron chi connectivity index (χ0n) is 14.2. The Kier molecular flexibility index (Phi) is 5.99. The second-order valence-electron chi connectivity index (χ2n) is 4.91. The van der Waals surface area contributed by atoms with Crippen LogP contribution in [0.1, 0.15) is 15.5 Å². The second kappa shape index (κ2) is 7.98. The fraction of sp³-hybridized carbons (Fsp3) is 0.375. The van der Waals surface area contributed by atoms with Gasteiger partial charge >= 0.3 is 0 Å². The van der Waals surface area contributed by atoms with E-state index in [1.54, 1.807) is 24.6 Å². The first-order valence-corrected chi connectivity index (χ1v) is 8.16. The Morgan fingerprint density at radius 2 is 1.83 bits per heavy atom. The molecule has 0 atom stereocenters. The summed E-state index contributed by atoms with van der Waals surface area (Å²) in [5.41, 5.74) is 6.52. The molecule has 0 aliphatic rings. The highest BCUT2D eigenvalue weighted by Gasteiger charge is 2.21. The van der Waals surface area contributed by atoms with Crippen molar-refractivity contribution < 1.29 is 19.0 Å². The lowest BCUT2D eigenvalue weighted by Crippen LogP contribution is -2.26. The summed E-state index contributed by atoms with van der Waals surface area (Å²) in [5, 5.41) is 2.58. The number of carbonyl (C=O) groups excluding carboxylic acids is 1. The monoisotopic (exact) mass is 351 g/mol. The average molecular weight is 351 g/mol. The third-order valence-corrected chi connectivity index (χ3v) is 4.38. The van der Waals surface area contributed by atoms with Crippen molar-refractivity contribution in [1.29, 1.82) is 0 Å². The van der Waals surface area contributed by atoms with Gasteiger partial charge in [0, 0.05) is 31.0 Å². The molecular formula is C16H21N3O4S. The molecule has 130 valence electrons. The minimum Gasteiger partial charge on any atom is -0.493 e. The van der Waals surface area contributed by atoms with Crippen LogP contribution in [0.2, 0.25) is 0 Å². The number of ether oxygens (including phenoxy) is 3. The van der Waals surface area contributed by atoms with Crippen molar-refractivity contribution in [3.8, 4) is 17.2 Å². The van der Waals surface area contributed by atoms with Crippen molar-refractivity contribution in [2.24, 2.45) is 5.73 Å². The number of benzene rings is 1. The van der Waals surface area contributed by atoms with Gasteiger partial charge in [0.2, 0.25) is 5.75 Å². The van der Waals surface area contributed by atoms with E-state index in [2.05, 4.69) is 4.98 Å². The quantitative estimate of drug-likeness (QED) is 0.820. The van der Waals surface area contributed by atoms with Gasteiger partial charge in [-0.05, 0) is 6.54 Å². The Labute approximate surface area is 145 Å². The molecular weight excluding hydrogens is 330 g/mol. The van der Waals surface area contributed by atoms with E-state index in [-0.39, 0.29) is 5.91 Å². The first-order chi connectivity index (χ1) is 11.5. The number of amides is 1. The maximum Gasteiger partial charge on any atom is 0.277 e. The molecule has 7 nitrogen and oxygen atoms in total. The van der Waals surface area contributed by atoms with Gasteiger partial charge in [-0.25, -0.2) is 4.98 Å². The van der Waals surface area contributed by atoms with E-state index in [1.165, 1.54) is 37.6 Å². The smallest absolute Gasteiger partial charge is 0.277 e. The van der Waals surface area contributed by atoms with E-state index < -0.39 is 0 Å². The Bertz CT molecular complexity index is 692. The van der Waals surface area contributed by atoms with Crippen LogP contribution in [0.5, 0.6) is 17.2 Å². The molecule has 0 spiro atoms. The number of thiazole rings is 1. The van der Waals surface area contributed by atoms with Gasteiger partial charge in [0.15, 0.2) is 11.5 Å². The average Bonchev–Trinajstić information content (AvgIpc) is 3.07. The summed E-state index contributed by atoms with van der Waals surface area (Å²) in [6.45, 7) is 0.504. The van der Waals surface area contributed by atoms with Gasteiger partial charge < -0.3 is 24.8 Å². The Hall–Kier alpha value is -2.32. The van der Waals surface area contributed by atoms with Crippen LogP contribution in [0.25, 0.3) is 0 Å². The lowest BCUT2D eigenvalue weighted by molar-refractivity contribution is 0.0988. The van der Waals surface area contributed by atoms with Gasteiger partial charge in [0.1, 0.15) is 5.69 Å². The predicted octanol–water partition coefficient (Wildman–Crippen LogP) is 1.95. The number of hydrogen-bond acceptors (Lipinski definition) is 7. The summed E-state index contributed by atoms with van der Waals surface area (Å²) >= 11 is 1.43. The second-order valence-corrected chi connectivity index (χ2v) is 5.86. The van der Waals surface area contributed by atoms with Gasteiger partial charge in [-0.1, -0.05) is 0 Å². The first-order valence-electron chi connectivity index (χ1n) is 7.28. The molecule has 0 bridgehead atoms. The molecule has 1 amide bonds. The van der Waals surface area contributed by atoms with Crippen molar-refractivity contribution in [3.05, 3.63) is 28.2 Å². The van der Waals surface area contributed by atoms with E-state index in [4.69, 9.17) is 19.9 Å². The predicted molar refractivity (Wildman–Crippen MR) is 93.7 cm³/mol. The van der Waals surface area contributed by atoms with E-state index in [0.717, 1.165) is 5.01 Å². The molecule has 0 saturated heterocycles. The zero-order valence-corrected chi connectivity index (χ0v) is 15.0. The molecule has 1 heterocycles. The maximum absolute atomic E-state index is 12.6. The van der Waals surface area contributed by atoms with Gasteiger partial charge in [-0.3, -0.25) is 4.79 Å². The lowest BCUT2D eigenvalue weighted by atomic mass is 10.2. The van der Waals surface area contributed by atoms with Crippen molar-refractivity contribution in [2.75, 3.05) is 39.8 Å². The van der Waals surface area contributed by atoms with Gasteiger partial charge in [-0.2, -0.15) is 0 Å². The molecule has 24 heavy (non-hydrogen) atoms. The topological polar surface area (TPSA) is 86.9 Å². The molecule has 0 saturated carbocycles. The molecule has 1 aromatic heterocycles. The number of carbonyl (C=O) groups is 1. The van der Waals surface area contributed by atoms with Gasteiger partial charge in [-0.15, -0.1) is 11.3 Å². The van der Waals surface area contributed by atoms with Crippen LogP contribution >= 0.6 is 11.3 Å². The number of methoxy groups -OCH3 is 3. The molecule has 0 radical (unpaired) electrons. The first kappa shape index (κ1) is 18.0. The van der Waals surface area contributed by atoms with Crippen LogP contribution < -0.4 is 24.8 Å². The fourth-order valence-corrected chi connectivity index (χ4v) is 2.99.